The maximum Gasteiger partial charge on any atom is 0.119 e. The van der Waals surface area contributed by atoms with E-state index in [-0.39, 0.29) is 0 Å². The standard InChI is InChI=1S/C20H22N2O/c1-23-16-9-10-19-17(12-16)18(13-21-19)20-8-5-11-22(20)14-15-6-3-2-4-7-15/h2-4,6-7,9-10,12-13,20-21H,5,8,11,14H2,1H3. The average molecular weight is 306 g/mol. The first-order chi connectivity index (χ1) is 11.3. The SMILES string of the molecule is COc1ccc2[nH]cc(C3CCCN3Cc3ccccc3)c2c1. The van der Waals surface area contributed by atoms with Crippen molar-refractivity contribution in [2.45, 2.75) is 25.4 Å². The second-order valence-electron chi connectivity index (χ2n) is 6.27. The fourth-order valence-corrected chi connectivity index (χ4v) is 3.71. The van der Waals surface area contributed by atoms with Gasteiger partial charge in [-0.1, -0.05) is 30.3 Å². The molecule has 0 aliphatic carbocycles. The van der Waals surface area contributed by atoms with Crippen LogP contribution in [0.4, 0.5) is 0 Å². The fraction of sp³-hybridized carbons (Fsp3) is 0.300. The van der Waals surface area contributed by atoms with Crippen LogP contribution in [-0.4, -0.2) is 23.5 Å². The van der Waals surface area contributed by atoms with Crippen LogP contribution in [0.2, 0.25) is 0 Å². The van der Waals surface area contributed by atoms with Crippen LogP contribution in [0, 0.1) is 0 Å². The number of rotatable bonds is 4. The zero-order chi connectivity index (χ0) is 15.6. The maximum absolute atomic E-state index is 5.40. The van der Waals surface area contributed by atoms with E-state index in [0.717, 1.165) is 18.8 Å². The van der Waals surface area contributed by atoms with Crippen molar-refractivity contribution in [3.05, 3.63) is 65.9 Å². The number of likely N-dealkylation sites (tertiary alicyclic amines) is 1. The summed E-state index contributed by atoms with van der Waals surface area (Å²) in [4.78, 5) is 6.01. The molecule has 1 saturated heterocycles. The molecule has 1 atom stereocenters. The van der Waals surface area contributed by atoms with E-state index < -0.39 is 0 Å². The number of nitrogens with zero attached hydrogens (tertiary/aromatic N) is 1. The molecule has 118 valence electrons. The van der Waals surface area contributed by atoms with E-state index in [4.69, 9.17) is 4.74 Å². The molecule has 1 unspecified atom stereocenters. The van der Waals surface area contributed by atoms with Gasteiger partial charge in [-0.25, -0.2) is 0 Å². The average Bonchev–Trinajstić information content (AvgIpc) is 3.21. The molecule has 2 heterocycles. The summed E-state index contributed by atoms with van der Waals surface area (Å²) in [6, 6.07) is 17.5. The van der Waals surface area contributed by atoms with Gasteiger partial charge in [0, 0.05) is 29.7 Å². The van der Waals surface area contributed by atoms with Crippen molar-refractivity contribution >= 4 is 10.9 Å². The van der Waals surface area contributed by atoms with Crippen molar-refractivity contribution in [3.63, 3.8) is 0 Å². The lowest BCUT2D eigenvalue weighted by molar-refractivity contribution is 0.250. The number of hydrogen-bond donors (Lipinski definition) is 1. The molecule has 0 saturated carbocycles. The molecule has 1 fully saturated rings. The van der Waals surface area contributed by atoms with E-state index in [1.807, 2.05) is 6.07 Å². The zero-order valence-corrected chi connectivity index (χ0v) is 13.5. The minimum Gasteiger partial charge on any atom is -0.497 e. The highest BCUT2D eigenvalue weighted by atomic mass is 16.5. The molecule has 4 rings (SSSR count). The molecule has 2 aromatic carbocycles. The third-order valence-corrected chi connectivity index (χ3v) is 4.87. The Morgan fingerprint density at radius 3 is 2.87 bits per heavy atom. The molecule has 0 bridgehead atoms. The Morgan fingerprint density at radius 2 is 2.04 bits per heavy atom. The third-order valence-electron chi connectivity index (χ3n) is 4.87. The fourth-order valence-electron chi connectivity index (χ4n) is 3.71. The largest absolute Gasteiger partial charge is 0.497 e. The Kier molecular flexibility index (Phi) is 3.80. The van der Waals surface area contributed by atoms with Crippen molar-refractivity contribution in [1.29, 1.82) is 0 Å². The van der Waals surface area contributed by atoms with Gasteiger partial charge < -0.3 is 9.72 Å². The van der Waals surface area contributed by atoms with Crippen LogP contribution in [-0.2, 0) is 6.54 Å². The van der Waals surface area contributed by atoms with Crippen molar-refractivity contribution in [2.75, 3.05) is 13.7 Å². The van der Waals surface area contributed by atoms with Crippen LogP contribution in [0.1, 0.15) is 30.0 Å². The molecule has 23 heavy (non-hydrogen) atoms. The number of aromatic nitrogens is 1. The van der Waals surface area contributed by atoms with Crippen molar-refractivity contribution in [3.8, 4) is 5.75 Å². The lowest BCUT2D eigenvalue weighted by atomic mass is 10.0. The highest BCUT2D eigenvalue weighted by Gasteiger charge is 2.28. The van der Waals surface area contributed by atoms with Crippen LogP contribution in [0.3, 0.4) is 0 Å². The Labute approximate surface area is 136 Å². The minimum atomic E-state index is 0.482. The zero-order valence-electron chi connectivity index (χ0n) is 13.5. The molecule has 1 N–H and O–H groups in total. The maximum atomic E-state index is 5.40. The van der Waals surface area contributed by atoms with Gasteiger partial charge in [0.15, 0.2) is 0 Å². The highest BCUT2D eigenvalue weighted by molar-refractivity contribution is 5.85. The Hall–Kier alpha value is -2.26. The number of benzene rings is 2. The van der Waals surface area contributed by atoms with Crippen LogP contribution >= 0.6 is 0 Å². The number of fused-ring (bicyclic) bond motifs is 1. The summed E-state index contributed by atoms with van der Waals surface area (Å²) < 4.78 is 5.40. The lowest BCUT2D eigenvalue weighted by Gasteiger charge is -2.24. The number of methoxy groups -OCH3 is 1. The second-order valence-corrected chi connectivity index (χ2v) is 6.27. The minimum absolute atomic E-state index is 0.482. The number of hydrogen-bond acceptors (Lipinski definition) is 2. The van der Waals surface area contributed by atoms with Crippen molar-refractivity contribution < 1.29 is 4.74 Å². The van der Waals surface area contributed by atoms with E-state index >= 15 is 0 Å². The molecule has 3 nitrogen and oxygen atoms in total. The van der Waals surface area contributed by atoms with Gasteiger partial charge >= 0.3 is 0 Å². The normalized spacial score (nSPS) is 18.6. The highest BCUT2D eigenvalue weighted by Crippen LogP contribution is 2.37. The van der Waals surface area contributed by atoms with E-state index in [2.05, 4.69) is 58.5 Å². The summed E-state index contributed by atoms with van der Waals surface area (Å²) >= 11 is 0. The Bertz CT molecular complexity index is 794. The summed E-state index contributed by atoms with van der Waals surface area (Å²) in [6.45, 7) is 2.18. The van der Waals surface area contributed by atoms with Crippen LogP contribution in [0.25, 0.3) is 10.9 Å². The predicted molar refractivity (Wildman–Crippen MR) is 93.7 cm³/mol. The van der Waals surface area contributed by atoms with Gasteiger partial charge in [-0.2, -0.15) is 0 Å². The number of aromatic amines is 1. The topological polar surface area (TPSA) is 28.3 Å². The number of H-pyrrole nitrogens is 1. The summed E-state index contributed by atoms with van der Waals surface area (Å²) in [6.07, 6.45) is 4.66. The smallest absolute Gasteiger partial charge is 0.119 e. The van der Waals surface area contributed by atoms with Gasteiger partial charge in [-0.3, -0.25) is 4.90 Å². The van der Waals surface area contributed by atoms with Gasteiger partial charge in [-0.05, 0) is 48.7 Å². The van der Waals surface area contributed by atoms with Gasteiger partial charge in [0.25, 0.3) is 0 Å². The van der Waals surface area contributed by atoms with E-state index in [9.17, 15) is 0 Å². The number of nitrogens with one attached hydrogen (secondary N) is 1. The molecule has 1 aliphatic rings. The van der Waals surface area contributed by atoms with E-state index in [1.165, 1.54) is 34.9 Å². The first kappa shape index (κ1) is 14.3. The van der Waals surface area contributed by atoms with Crippen LogP contribution < -0.4 is 4.74 Å². The first-order valence-corrected chi connectivity index (χ1v) is 8.28. The lowest BCUT2D eigenvalue weighted by Crippen LogP contribution is -2.22. The van der Waals surface area contributed by atoms with Gasteiger partial charge in [0.2, 0.25) is 0 Å². The molecule has 3 aromatic rings. The molecular weight excluding hydrogens is 284 g/mol. The molecule has 1 aliphatic heterocycles. The molecule has 1 aromatic heterocycles. The Balaban J connectivity index is 1.66. The van der Waals surface area contributed by atoms with Crippen LogP contribution in [0.15, 0.2) is 54.7 Å². The summed E-state index contributed by atoms with van der Waals surface area (Å²) in [5, 5.41) is 1.29. The van der Waals surface area contributed by atoms with Crippen LogP contribution in [0.5, 0.6) is 5.75 Å². The summed E-state index contributed by atoms with van der Waals surface area (Å²) in [7, 11) is 1.73. The monoisotopic (exact) mass is 306 g/mol. The molecule has 0 radical (unpaired) electrons. The third kappa shape index (κ3) is 2.73. The van der Waals surface area contributed by atoms with E-state index in [1.54, 1.807) is 7.11 Å². The first-order valence-electron chi connectivity index (χ1n) is 8.28. The summed E-state index contributed by atoms with van der Waals surface area (Å²) in [5.41, 5.74) is 3.97. The van der Waals surface area contributed by atoms with Gasteiger partial charge in [0.05, 0.1) is 7.11 Å². The molecule has 0 amide bonds. The second kappa shape index (κ2) is 6.09. The molecule has 0 spiro atoms. The van der Waals surface area contributed by atoms with Crippen molar-refractivity contribution in [1.82, 2.24) is 9.88 Å². The Morgan fingerprint density at radius 1 is 1.17 bits per heavy atom. The predicted octanol–water partition coefficient (Wildman–Crippen LogP) is 4.51. The van der Waals surface area contributed by atoms with Gasteiger partial charge in [0.1, 0.15) is 5.75 Å². The quantitative estimate of drug-likeness (QED) is 0.768. The number of ether oxygens (including phenoxy) is 1. The van der Waals surface area contributed by atoms with E-state index in [0.29, 0.717) is 6.04 Å². The molecular formula is C20H22N2O. The molecule has 3 heteroatoms. The van der Waals surface area contributed by atoms with Crippen molar-refractivity contribution in [2.24, 2.45) is 0 Å². The summed E-state index contributed by atoms with van der Waals surface area (Å²) in [5.74, 6) is 0.922. The van der Waals surface area contributed by atoms with Gasteiger partial charge in [-0.15, -0.1) is 0 Å².